The van der Waals surface area contributed by atoms with Crippen molar-refractivity contribution in [2.75, 3.05) is 26.2 Å². The minimum absolute atomic E-state index is 0. The van der Waals surface area contributed by atoms with Gasteiger partial charge in [0.15, 0.2) is 5.96 Å². The Bertz CT molecular complexity index is 774. The Morgan fingerprint density at radius 3 is 2.71 bits per heavy atom. The average Bonchev–Trinajstić information content (AvgIpc) is 3.00. The van der Waals surface area contributed by atoms with Gasteiger partial charge in [-0.3, -0.25) is 4.90 Å². The number of guanidine groups is 1. The lowest BCUT2D eigenvalue weighted by molar-refractivity contribution is 0.251. The van der Waals surface area contributed by atoms with Crippen LogP contribution in [0.25, 0.3) is 0 Å². The molecule has 3 rings (SSSR count). The first-order valence-electron chi connectivity index (χ1n) is 9.90. The number of halogens is 1. The highest BCUT2D eigenvalue weighted by Gasteiger charge is 2.14. The number of benzene rings is 1. The number of thiazole rings is 1. The van der Waals surface area contributed by atoms with Crippen molar-refractivity contribution < 1.29 is 0 Å². The van der Waals surface area contributed by atoms with E-state index in [1.165, 1.54) is 22.4 Å². The minimum atomic E-state index is 0. The van der Waals surface area contributed by atoms with Crippen molar-refractivity contribution in [3.63, 3.8) is 0 Å². The average molecular weight is 513 g/mol. The molecule has 1 aliphatic heterocycles. The molecule has 2 aromatic rings. The summed E-state index contributed by atoms with van der Waals surface area (Å²) < 4.78 is 0. The number of nitrogens with zero attached hydrogens (tertiary/aromatic N) is 3. The summed E-state index contributed by atoms with van der Waals surface area (Å²) in [6.45, 7) is 12.1. The molecule has 1 aromatic carbocycles. The van der Waals surface area contributed by atoms with Crippen molar-refractivity contribution in [2.24, 2.45) is 4.99 Å². The monoisotopic (exact) mass is 513 g/mol. The number of rotatable bonds is 7. The van der Waals surface area contributed by atoms with Crippen LogP contribution < -0.4 is 10.6 Å². The molecule has 0 unspecified atom stereocenters. The zero-order valence-corrected chi connectivity index (χ0v) is 20.3. The molecule has 0 amide bonds. The number of hydrogen-bond donors (Lipinski definition) is 2. The van der Waals surface area contributed by atoms with Gasteiger partial charge in [-0.2, -0.15) is 0 Å². The predicted molar refractivity (Wildman–Crippen MR) is 130 cm³/mol. The Kier molecular flexibility index (Phi) is 9.67. The summed E-state index contributed by atoms with van der Waals surface area (Å²) in [5.74, 6) is 0.895. The predicted octanol–water partition coefficient (Wildman–Crippen LogP) is 3.88. The molecule has 1 aromatic heterocycles. The normalized spacial score (nSPS) is 14.3. The minimum Gasteiger partial charge on any atom is -0.357 e. The van der Waals surface area contributed by atoms with Crippen LogP contribution in [0.4, 0.5) is 0 Å². The smallest absolute Gasteiger partial charge is 0.191 e. The first kappa shape index (κ1) is 23.1. The Labute approximate surface area is 190 Å². The summed E-state index contributed by atoms with van der Waals surface area (Å²) in [5.41, 5.74) is 4.10. The Balaban J connectivity index is 0.00000280. The lowest BCUT2D eigenvalue weighted by atomic mass is 10.00. The van der Waals surface area contributed by atoms with Gasteiger partial charge in [0.25, 0.3) is 0 Å². The highest BCUT2D eigenvalue weighted by molar-refractivity contribution is 14.0. The molecule has 2 heterocycles. The molecule has 0 saturated carbocycles. The van der Waals surface area contributed by atoms with Gasteiger partial charge in [0.1, 0.15) is 0 Å². The van der Waals surface area contributed by atoms with Crippen LogP contribution in [0.15, 0.2) is 29.3 Å². The first-order chi connectivity index (χ1) is 13.2. The van der Waals surface area contributed by atoms with E-state index in [0.717, 1.165) is 55.8 Å². The highest BCUT2D eigenvalue weighted by Crippen LogP contribution is 2.19. The van der Waals surface area contributed by atoms with Crippen LogP contribution >= 0.6 is 35.3 Å². The second-order valence-electron chi connectivity index (χ2n) is 7.01. The second-order valence-corrected chi connectivity index (χ2v) is 8.30. The summed E-state index contributed by atoms with van der Waals surface area (Å²) >= 11 is 1.74. The summed E-state index contributed by atoms with van der Waals surface area (Å²) in [6, 6.07) is 8.82. The van der Waals surface area contributed by atoms with Crippen LogP contribution in [0.3, 0.4) is 0 Å². The van der Waals surface area contributed by atoms with Crippen molar-refractivity contribution >= 4 is 41.3 Å². The molecule has 0 saturated heterocycles. The van der Waals surface area contributed by atoms with Gasteiger partial charge in [-0.25, -0.2) is 9.98 Å². The third kappa shape index (κ3) is 6.70. The van der Waals surface area contributed by atoms with E-state index >= 15 is 0 Å². The van der Waals surface area contributed by atoms with Crippen molar-refractivity contribution in [1.29, 1.82) is 0 Å². The lowest BCUT2D eigenvalue weighted by Crippen LogP contribution is -2.39. The standard InChI is InChI=1S/C21H31N5S.HI/c1-4-22-21(24-14-20-16(2)25-17(3)27-20)23-11-7-12-26-13-10-18-8-5-6-9-19(18)15-26;/h5-6,8-9H,4,7,10-15H2,1-3H3,(H2,22,23,24);1H. The van der Waals surface area contributed by atoms with E-state index in [4.69, 9.17) is 4.99 Å². The van der Waals surface area contributed by atoms with Gasteiger partial charge in [-0.15, -0.1) is 35.3 Å². The molecule has 2 N–H and O–H groups in total. The van der Waals surface area contributed by atoms with Crippen molar-refractivity contribution in [3.8, 4) is 0 Å². The van der Waals surface area contributed by atoms with E-state index in [2.05, 4.69) is 58.6 Å². The van der Waals surface area contributed by atoms with Crippen molar-refractivity contribution in [1.82, 2.24) is 20.5 Å². The van der Waals surface area contributed by atoms with Crippen molar-refractivity contribution in [2.45, 2.75) is 46.7 Å². The summed E-state index contributed by atoms with van der Waals surface area (Å²) in [4.78, 5) is 13.0. The van der Waals surface area contributed by atoms with Crippen LogP contribution in [0.1, 0.15) is 40.1 Å². The fourth-order valence-corrected chi connectivity index (χ4v) is 4.33. The number of aryl methyl sites for hydroxylation is 2. The fraction of sp³-hybridized carbons (Fsp3) is 0.524. The molecular formula is C21H32IN5S. The molecule has 0 radical (unpaired) electrons. The van der Waals surface area contributed by atoms with Crippen LogP contribution in [0.5, 0.6) is 0 Å². The maximum Gasteiger partial charge on any atom is 0.191 e. The Morgan fingerprint density at radius 2 is 2.00 bits per heavy atom. The van der Waals surface area contributed by atoms with E-state index in [9.17, 15) is 0 Å². The lowest BCUT2D eigenvalue weighted by Gasteiger charge is -2.28. The van der Waals surface area contributed by atoms with Gasteiger partial charge in [0, 0.05) is 37.6 Å². The number of aromatic nitrogens is 1. The fourth-order valence-electron chi connectivity index (χ4n) is 3.47. The van der Waals surface area contributed by atoms with Crippen LogP contribution in [0.2, 0.25) is 0 Å². The van der Waals surface area contributed by atoms with E-state index in [-0.39, 0.29) is 24.0 Å². The molecule has 0 spiro atoms. The third-order valence-corrected chi connectivity index (χ3v) is 5.94. The molecule has 28 heavy (non-hydrogen) atoms. The summed E-state index contributed by atoms with van der Waals surface area (Å²) in [6.07, 6.45) is 2.28. The molecule has 0 bridgehead atoms. The first-order valence-corrected chi connectivity index (χ1v) is 10.7. The van der Waals surface area contributed by atoms with Crippen molar-refractivity contribution in [3.05, 3.63) is 51.0 Å². The SMILES string of the molecule is CCNC(=NCc1sc(C)nc1C)NCCCN1CCc2ccccc2C1.I. The molecule has 7 heteroatoms. The van der Waals surface area contributed by atoms with Gasteiger partial charge in [-0.05, 0) is 44.7 Å². The molecule has 5 nitrogen and oxygen atoms in total. The number of aliphatic imine (C=N–C) groups is 1. The zero-order valence-electron chi connectivity index (χ0n) is 17.1. The summed E-state index contributed by atoms with van der Waals surface area (Å²) in [5, 5.41) is 7.92. The number of nitrogens with one attached hydrogen (secondary N) is 2. The molecule has 154 valence electrons. The Morgan fingerprint density at radius 1 is 1.21 bits per heavy atom. The van der Waals surface area contributed by atoms with Gasteiger partial charge in [-0.1, -0.05) is 24.3 Å². The van der Waals surface area contributed by atoms with Crippen LogP contribution in [0, 0.1) is 13.8 Å². The van der Waals surface area contributed by atoms with E-state index in [1.807, 2.05) is 6.92 Å². The quantitative estimate of drug-likeness (QED) is 0.256. The molecule has 0 aliphatic carbocycles. The molecule has 1 aliphatic rings. The largest absolute Gasteiger partial charge is 0.357 e. The number of fused-ring (bicyclic) bond motifs is 1. The molecular weight excluding hydrogens is 481 g/mol. The topological polar surface area (TPSA) is 52.6 Å². The molecule has 0 atom stereocenters. The van der Waals surface area contributed by atoms with Gasteiger partial charge < -0.3 is 10.6 Å². The van der Waals surface area contributed by atoms with E-state index in [1.54, 1.807) is 11.3 Å². The maximum atomic E-state index is 4.72. The van der Waals surface area contributed by atoms with Crippen LogP contribution in [-0.2, 0) is 19.5 Å². The third-order valence-electron chi connectivity index (χ3n) is 4.88. The van der Waals surface area contributed by atoms with Crippen LogP contribution in [-0.4, -0.2) is 42.0 Å². The zero-order chi connectivity index (χ0) is 19.1. The molecule has 0 fully saturated rings. The van der Waals surface area contributed by atoms with E-state index < -0.39 is 0 Å². The maximum absolute atomic E-state index is 4.72. The summed E-state index contributed by atoms with van der Waals surface area (Å²) in [7, 11) is 0. The van der Waals surface area contributed by atoms with E-state index in [0.29, 0.717) is 6.54 Å². The number of hydrogen-bond acceptors (Lipinski definition) is 4. The highest BCUT2D eigenvalue weighted by atomic mass is 127. The van der Waals surface area contributed by atoms with Gasteiger partial charge in [0.2, 0.25) is 0 Å². The van der Waals surface area contributed by atoms with Gasteiger partial charge in [0.05, 0.1) is 17.2 Å². The second kappa shape index (κ2) is 11.7. The Hall–Kier alpha value is -1.19. The van der Waals surface area contributed by atoms with Gasteiger partial charge >= 0.3 is 0 Å².